The van der Waals surface area contributed by atoms with Crippen LogP contribution in [0.4, 0.5) is 4.79 Å². The molecule has 1 saturated heterocycles. The molecule has 1 unspecified atom stereocenters. The minimum absolute atomic E-state index is 0.0493. The second kappa shape index (κ2) is 11.0. The Bertz CT molecular complexity index is 1080. The molecule has 1 saturated carbocycles. The van der Waals surface area contributed by atoms with Gasteiger partial charge in [-0.3, -0.25) is 10.1 Å². The Hall–Kier alpha value is -2.92. The number of sulfonamides is 1. The molecule has 1 aliphatic heterocycles. The molecule has 1 atom stereocenters. The number of nitrogens with zero attached hydrogens (tertiary/aromatic N) is 2. The summed E-state index contributed by atoms with van der Waals surface area (Å²) in [5, 5.41) is 6.29. The molecule has 1 aromatic carbocycles. The molecule has 0 bridgehead atoms. The van der Waals surface area contributed by atoms with E-state index in [1.807, 2.05) is 30.3 Å². The number of benzene rings is 1. The van der Waals surface area contributed by atoms with Crippen molar-refractivity contribution in [3.05, 3.63) is 47.7 Å². The summed E-state index contributed by atoms with van der Waals surface area (Å²) in [4.78, 5) is 24.2. The van der Waals surface area contributed by atoms with Gasteiger partial charge in [-0.1, -0.05) is 41.9 Å². The number of carbonyl (C=O) groups excluding carboxylic acids is 2. The highest BCUT2D eigenvalue weighted by atomic mass is 32.2. The van der Waals surface area contributed by atoms with Gasteiger partial charge in [0.25, 0.3) is 0 Å². The first kappa shape index (κ1) is 24.2. The van der Waals surface area contributed by atoms with Gasteiger partial charge in [-0.05, 0) is 43.6 Å². The van der Waals surface area contributed by atoms with Gasteiger partial charge in [-0.2, -0.15) is 0 Å². The van der Waals surface area contributed by atoms with Crippen molar-refractivity contribution >= 4 is 22.0 Å². The number of rotatable bonds is 14. The van der Waals surface area contributed by atoms with Crippen molar-refractivity contribution in [1.29, 1.82) is 0 Å². The van der Waals surface area contributed by atoms with Gasteiger partial charge in [-0.15, -0.1) is 0 Å². The molecule has 4 rings (SSSR count). The van der Waals surface area contributed by atoms with E-state index in [-0.39, 0.29) is 18.2 Å². The lowest BCUT2D eigenvalue weighted by Gasteiger charge is -2.17. The van der Waals surface area contributed by atoms with Gasteiger partial charge in [0.1, 0.15) is 12.2 Å². The number of hydrogen-bond acceptors (Lipinski definition) is 7. The van der Waals surface area contributed by atoms with E-state index in [4.69, 9.17) is 9.26 Å². The van der Waals surface area contributed by atoms with Crippen molar-refractivity contribution in [2.45, 2.75) is 44.6 Å². The first-order valence-corrected chi connectivity index (χ1v) is 13.3. The zero-order chi connectivity index (χ0) is 24.0. The fourth-order valence-corrected chi connectivity index (χ4v) is 5.09. The van der Waals surface area contributed by atoms with Crippen LogP contribution in [0.3, 0.4) is 0 Å². The Morgan fingerprint density at radius 2 is 1.97 bits per heavy atom. The summed E-state index contributed by atoms with van der Waals surface area (Å²) >= 11 is 0. The van der Waals surface area contributed by atoms with Crippen molar-refractivity contribution in [1.82, 2.24) is 20.1 Å². The van der Waals surface area contributed by atoms with Gasteiger partial charge in [-0.25, -0.2) is 17.9 Å². The number of nitrogens with one attached hydrogen (secondary N) is 2. The molecule has 10 nitrogen and oxygen atoms in total. The molecule has 3 amide bonds. The Morgan fingerprint density at radius 1 is 1.18 bits per heavy atom. The quantitative estimate of drug-likeness (QED) is 0.307. The predicted octanol–water partition coefficient (Wildman–Crippen LogP) is 2.39. The maximum Gasteiger partial charge on any atom is 0.324 e. The Balaban J connectivity index is 1.30. The average molecular weight is 491 g/mol. The van der Waals surface area contributed by atoms with Crippen LogP contribution >= 0.6 is 0 Å². The van der Waals surface area contributed by atoms with E-state index < -0.39 is 22.1 Å². The fraction of sp³-hybridized carbons (Fsp3) is 0.522. The number of hydrogen-bond donors (Lipinski definition) is 2. The standard InChI is InChI=1S/C23H30N4O6S/c28-21-15-27(23(29)24-21)11-5-2-6-12-34(30,31)26-20(13-17-7-3-1-4-8-17)19-14-22(33-25-19)32-16-18-9-10-18/h1,3-4,7-8,14,18,20,26H,2,5-6,9-13,15-16H2,(H,24,28,29). The predicted molar refractivity (Wildman–Crippen MR) is 123 cm³/mol. The maximum absolute atomic E-state index is 12.8. The number of carbonyl (C=O) groups is 2. The van der Waals surface area contributed by atoms with E-state index in [0.29, 0.717) is 56.4 Å². The van der Waals surface area contributed by atoms with E-state index in [0.717, 1.165) is 18.4 Å². The van der Waals surface area contributed by atoms with Crippen LogP contribution in [0.5, 0.6) is 5.95 Å². The summed E-state index contributed by atoms with van der Waals surface area (Å²) in [5.41, 5.74) is 1.44. The van der Waals surface area contributed by atoms with Crippen LogP contribution in [0.25, 0.3) is 0 Å². The van der Waals surface area contributed by atoms with E-state index in [1.165, 1.54) is 4.90 Å². The van der Waals surface area contributed by atoms with E-state index in [2.05, 4.69) is 15.2 Å². The largest absolute Gasteiger partial charge is 0.463 e. The summed E-state index contributed by atoms with van der Waals surface area (Å²) < 4.78 is 39.3. The SMILES string of the molecule is O=C1CN(CCCCCS(=O)(=O)NC(Cc2ccccc2)c2cc(OCC3CC3)on2)C(=O)N1. The summed E-state index contributed by atoms with van der Waals surface area (Å²) in [7, 11) is -3.59. The first-order chi connectivity index (χ1) is 16.4. The summed E-state index contributed by atoms with van der Waals surface area (Å²) in [6.07, 6.45) is 4.40. The number of unbranched alkanes of at least 4 members (excludes halogenated alkanes) is 2. The van der Waals surface area contributed by atoms with Gasteiger partial charge in [0, 0.05) is 12.6 Å². The number of imide groups is 1. The molecule has 0 spiro atoms. The minimum Gasteiger partial charge on any atom is -0.463 e. The van der Waals surface area contributed by atoms with Crippen LogP contribution in [0.15, 0.2) is 40.9 Å². The topological polar surface area (TPSA) is 131 Å². The molecule has 34 heavy (non-hydrogen) atoms. The molecule has 0 radical (unpaired) electrons. The Morgan fingerprint density at radius 3 is 2.68 bits per heavy atom. The van der Waals surface area contributed by atoms with Crippen LogP contribution in [0, 0.1) is 5.92 Å². The second-order valence-corrected chi connectivity index (χ2v) is 10.7. The summed E-state index contributed by atoms with van der Waals surface area (Å²) in [6.45, 7) is 1.06. The molecule has 11 heteroatoms. The third-order valence-electron chi connectivity index (χ3n) is 5.84. The molecular weight excluding hydrogens is 460 g/mol. The zero-order valence-electron chi connectivity index (χ0n) is 18.9. The molecule has 184 valence electrons. The summed E-state index contributed by atoms with van der Waals surface area (Å²) in [5.74, 6) is 0.498. The first-order valence-electron chi connectivity index (χ1n) is 11.6. The van der Waals surface area contributed by atoms with Gasteiger partial charge in [0.15, 0.2) is 0 Å². The van der Waals surface area contributed by atoms with Crippen LogP contribution in [0.1, 0.15) is 49.4 Å². The molecule has 2 fully saturated rings. The molecular formula is C23H30N4O6S. The van der Waals surface area contributed by atoms with Crippen molar-refractivity contribution in [2.24, 2.45) is 5.92 Å². The Labute approximate surface area is 199 Å². The number of ether oxygens (including phenoxy) is 1. The number of urea groups is 1. The van der Waals surface area contributed by atoms with Crippen molar-refractivity contribution in [3.8, 4) is 5.95 Å². The lowest BCUT2D eigenvalue weighted by Crippen LogP contribution is -2.32. The van der Waals surface area contributed by atoms with Crippen molar-refractivity contribution < 1.29 is 27.3 Å². The molecule has 2 aromatic rings. The highest BCUT2D eigenvalue weighted by Crippen LogP contribution is 2.30. The zero-order valence-corrected chi connectivity index (χ0v) is 19.8. The van der Waals surface area contributed by atoms with Gasteiger partial charge in [0.05, 0.1) is 18.4 Å². The molecule has 1 aliphatic carbocycles. The molecule has 2 aliphatic rings. The van der Waals surface area contributed by atoms with Crippen molar-refractivity contribution in [3.63, 3.8) is 0 Å². The van der Waals surface area contributed by atoms with Crippen LogP contribution in [0.2, 0.25) is 0 Å². The highest BCUT2D eigenvalue weighted by molar-refractivity contribution is 7.89. The van der Waals surface area contributed by atoms with Gasteiger partial charge >= 0.3 is 12.0 Å². The minimum atomic E-state index is -3.59. The van der Waals surface area contributed by atoms with E-state index in [1.54, 1.807) is 6.07 Å². The molecule has 2 N–H and O–H groups in total. The normalized spacial score (nSPS) is 17.1. The molecule has 1 aromatic heterocycles. The van der Waals surface area contributed by atoms with E-state index >= 15 is 0 Å². The fourth-order valence-electron chi connectivity index (χ4n) is 3.76. The van der Waals surface area contributed by atoms with Crippen LogP contribution in [-0.2, 0) is 21.2 Å². The lowest BCUT2D eigenvalue weighted by molar-refractivity contribution is -0.118. The van der Waals surface area contributed by atoms with Gasteiger partial charge < -0.3 is 14.2 Å². The van der Waals surface area contributed by atoms with Crippen LogP contribution in [-0.4, -0.2) is 55.9 Å². The van der Waals surface area contributed by atoms with E-state index in [9.17, 15) is 18.0 Å². The monoisotopic (exact) mass is 490 g/mol. The number of amides is 3. The third-order valence-corrected chi connectivity index (χ3v) is 7.31. The third kappa shape index (κ3) is 7.29. The average Bonchev–Trinajstić information content (AvgIpc) is 3.41. The summed E-state index contributed by atoms with van der Waals surface area (Å²) in [6, 6.07) is 10.3. The second-order valence-electron chi connectivity index (χ2n) is 8.84. The van der Waals surface area contributed by atoms with Crippen molar-refractivity contribution in [2.75, 3.05) is 25.4 Å². The van der Waals surface area contributed by atoms with Crippen LogP contribution < -0.4 is 14.8 Å². The molecule has 2 heterocycles. The smallest absolute Gasteiger partial charge is 0.324 e. The van der Waals surface area contributed by atoms with Gasteiger partial charge in [0.2, 0.25) is 15.9 Å². The lowest BCUT2D eigenvalue weighted by atomic mass is 10.0. The maximum atomic E-state index is 12.8. The Kier molecular flexibility index (Phi) is 7.84. The number of aromatic nitrogens is 1. The highest BCUT2D eigenvalue weighted by Gasteiger charge is 2.27.